The summed E-state index contributed by atoms with van der Waals surface area (Å²) in [4.78, 5) is 32.3. The molecular formula is C18H28N4O2. The number of hydrogen-bond acceptors (Lipinski definition) is 4. The number of likely N-dealkylation sites (N-methyl/N-ethyl adjacent to an activating group) is 1. The van der Waals surface area contributed by atoms with Gasteiger partial charge in [-0.3, -0.25) is 14.5 Å². The molecule has 0 aromatic carbocycles. The number of rotatable bonds is 5. The zero-order valence-electron chi connectivity index (χ0n) is 15.1. The minimum atomic E-state index is -0.165. The van der Waals surface area contributed by atoms with E-state index in [2.05, 4.69) is 24.1 Å². The molecule has 1 aliphatic heterocycles. The number of aryl methyl sites for hydroxylation is 1. The molecule has 6 heteroatoms. The molecule has 24 heavy (non-hydrogen) atoms. The molecule has 0 spiro atoms. The fourth-order valence-corrected chi connectivity index (χ4v) is 3.22. The second-order valence-electron chi connectivity index (χ2n) is 7.19. The van der Waals surface area contributed by atoms with Crippen molar-refractivity contribution in [1.29, 1.82) is 0 Å². The van der Waals surface area contributed by atoms with Gasteiger partial charge in [0.1, 0.15) is 5.82 Å². The minimum Gasteiger partial charge on any atom is -0.341 e. The van der Waals surface area contributed by atoms with Gasteiger partial charge in [-0.2, -0.15) is 0 Å². The van der Waals surface area contributed by atoms with Gasteiger partial charge in [-0.15, -0.1) is 0 Å². The normalized spacial score (nSPS) is 21.0. The van der Waals surface area contributed by atoms with Crippen LogP contribution in [0.2, 0.25) is 0 Å². The summed E-state index contributed by atoms with van der Waals surface area (Å²) >= 11 is 0. The summed E-state index contributed by atoms with van der Waals surface area (Å²) in [5.74, 6) is 1.54. The Morgan fingerprint density at radius 2 is 1.92 bits per heavy atom. The topological polar surface area (TPSA) is 65.5 Å². The minimum absolute atomic E-state index is 0.0946. The summed E-state index contributed by atoms with van der Waals surface area (Å²) in [6.45, 7) is 8.37. The van der Waals surface area contributed by atoms with Crippen LogP contribution in [0.1, 0.15) is 25.8 Å². The Balaban J connectivity index is 1.79. The SMILES string of the molecule is Cc1ccc(NC(=O)CN(C)CC(=O)N2C[C@H](C)C[C@H](C)C2)nc1. The van der Waals surface area contributed by atoms with Gasteiger partial charge >= 0.3 is 0 Å². The van der Waals surface area contributed by atoms with Gasteiger partial charge < -0.3 is 10.2 Å². The Bertz CT molecular complexity index is 563. The van der Waals surface area contributed by atoms with Crippen LogP contribution in [0.25, 0.3) is 0 Å². The van der Waals surface area contributed by atoms with Crippen LogP contribution < -0.4 is 5.32 Å². The summed E-state index contributed by atoms with van der Waals surface area (Å²) in [5.41, 5.74) is 1.04. The number of likely N-dealkylation sites (tertiary alicyclic amines) is 1. The molecule has 2 atom stereocenters. The Morgan fingerprint density at radius 3 is 2.50 bits per heavy atom. The largest absolute Gasteiger partial charge is 0.341 e. The predicted molar refractivity (Wildman–Crippen MR) is 94.6 cm³/mol. The van der Waals surface area contributed by atoms with E-state index < -0.39 is 0 Å². The summed E-state index contributed by atoms with van der Waals surface area (Å²) in [7, 11) is 1.79. The van der Waals surface area contributed by atoms with Gasteiger partial charge in [0, 0.05) is 19.3 Å². The summed E-state index contributed by atoms with van der Waals surface area (Å²) in [5, 5.41) is 2.75. The van der Waals surface area contributed by atoms with Crippen molar-refractivity contribution in [2.45, 2.75) is 27.2 Å². The van der Waals surface area contributed by atoms with Gasteiger partial charge in [-0.1, -0.05) is 19.9 Å². The highest BCUT2D eigenvalue weighted by atomic mass is 16.2. The molecule has 0 unspecified atom stereocenters. The summed E-state index contributed by atoms with van der Waals surface area (Å²) in [6.07, 6.45) is 2.88. The first-order chi connectivity index (χ1) is 11.3. The van der Waals surface area contributed by atoms with E-state index >= 15 is 0 Å². The third kappa shape index (κ3) is 5.60. The molecule has 0 aliphatic carbocycles. The van der Waals surface area contributed by atoms with Crippen LogP contribution in [0.3, 0.4) is 0 Å². The molecule has 2 rings (SSSR count). The maximum absolute atomic E-state index is 12.4. The van der Waals surface area contributed by atoms with Crippen molar-refractivity contribution < 1.29 is 9.59 Å². The maximum atomic E-state index is 12.4. The third-order valence-electron chi connectivity index (χ3n) is 4.22. The average molecular weight is 332 g/mol. The van der Waals surface area contributed by atoms with Crippen LogP contribution in [-0.4, -0.2) is 59.8 Å². The first kappa shape index (κ1) is 18.4. The van der Waals surface area contributed by atoms with E-state index in [1.54, 1.807) is 24.2 Å². The van der Waals surface area contributed by atoms with Crippen molar-refractivity contribution in [3.05, 3.63) is 23.9 Å². The van der Waals surface area contributed by atoms with Gasteiger partial charge in [0.05, 0.1) is 13.1 Å². The van der Waals surface area contributed by atoms with Gasteiger partial charge in [-0.25, -0.2) is 4.98 Å². The van der Waals surface area contributed by atoms with E-state index in [0.29, 0.717) is 17.7 Å². The highest BCUT2D eigenvalue weighted by molar-refractivity contribution is 5.91. The first-order valence-corrected chi connectivity index (χ1v) is 8.52. The van der Waals surface area contributed by atoms with Gasteiger partial charge in [0.25, 0.3) is 0 Å². The van der Waals surface area contributed by atoms with Gasteiger partial charge in [-0.05, 0) is 43.9 Å². The molecule has 1 aliphatic rings. The zero-order valence-corrected chi connectivity index (χ0v) is 15.1. The molecule has 2 amide bonds. The number of nitrogens with one attached hydrogen (secondary N) is 1. The van der Waals surface area contributed by atoms with Gasteiger partial charge in [0.15, 0.2) is 0 Å². The number of aromatic nitrogens is 1. The molecule has 6 nitrogen and oxygen atoms in total. The fourth-order valence-electron chi connectivity index (χ4n) is 3.22. The molecule has 0 radical (unpaired) electrons. The zero-order chi connectivity index (χ0) is 17.7. The molecule has 1 fully saturated rings. The number of piperidine rings is 1. The number of nitrogens with zero attached hydrogens (tertiary/aromatic N) is 3. The Hall–Kier alpha value is -1.95. The van der Waals surface area contributed by atoms with Crippen molar-refractivity contribution in [3.63, 3.8) is 0 Å². The number of carbonyl (C=O) groups is 2. The number of anilines is 1. The Labute approximate surface area is 144 Å². The number of carbonyl (C=O) groups excluding carboxylic acids is 2. The number of pyridine rings is 1. The van der Waals surface area contributed by atoms with E-state index in [0.717, 1.165) is 18.7 Å². The Kier molecular flexibility index (Phi) is 6.31. The van der Waals surface area contributed by atoms with Crippen molar-refractivity contribution in [3.8, 4) is 0 Å². The fraction of sp³-hybridized carbons (Fsp3) is 0.611. The van der Waals surface area contributed by atoms with Crippen molar-refractivity contribution in [2.24, 2.45) is 11.8 Å². The molecule has 1 aromatic rings. The Morgan fingerprint density at radius 1 is 1.25 bits per heavy atom. The maximum Gasteiger partial charge on any atom is 0.239 e. The molecular weight excluding hydrogens is 304 g/mol. The van der Waals surface area contributed by atoms with E-state index in [-0.39, 0.29) is 24.9 Å². The van der Waals surface area contributed by atoms with Crippen molar-refractivity contribution in [2.75, 3.05) is 38.5 Å². The summed E-state index contributed by atoms with van der Waals surface area (Å²) < 4.78 is 0. The van der Waals surface area contributed by atoms with Crippen LogP contribution in [0.5, 0.6) is 0 Å². The van der Waals surface area contributed by atoms with E-state index in [4.69, 9.17) is 0 Å². The lowest BCUT2D eigenvalue weighted by atomic mass is 9.92. The van der Waals surface area contributed by atoms with Crippen molar-refractivity contribution in [1.82, 2.24) is 14.8 Å². The molecule has 1 saturated heterocycles. The highest BCUT2D eigenvalue weighted by Crippen LogP contribution is 2.20. The lowest BCUT2D eigenvalue weighted by Gasteiger charge is -2.35. The first-order valence-electron chi connectivity index (χ1n) is 8.52. The monoisotopic (exact) mass is 332 g/mol. The standard InChI is InChI=1S/C18H28N4O2/c1-13-5-6-16(19-8-13)20-17(23)11-21(4)12-18(24)22-9-14(2)7-15(3)10-22/h5-6,8,14-15H,7,9-12H2,1-4H3,(H,19,20,23)/t14-,15+. The smallest absolute Gasteiger partial charge is 0.239 e. The highest BCUT2D eigenvalue weighted by Gasteiger charge is 2.26. The second-order valence-corrected chi connectivity index (χ2v) is 7.19. The molecule has 1 aromatic heterocycles. The lowest BCUT2D eigenvalue weighted by molar-refractivity contribution is -0.135. The van der Waals surface area contributed by atoms with Crippen LogP contribution in [-0.2, 0) is 9.59 Å². The lowest BCUT2D eigenvalue weighted by Crippen LogP contribution is -2.47. The average Bonchev–Trinajstić information content (AvgIpc) is 2.48. The van der Waals surface area contributed by atoms with Crippen LogP contribution in [0.4, 0.5) is 5.82 Å². The molecule has 0 bridgehead atoms. The summed E-state index contributed by atoms with van der Waals surface area (Å²) in [6, 6.07) is 3.67. The van der Waals surface area contributed by atoms with Crippen molar-refractivity contribution >= 4 is 17.6 Å². The molecule has 0 saturated carbocycles. The van der Waals surface area contributed by atoms with Gasteiger partial charge in [0.2, 0.25) is 11.8 Å². The van der Waals surface area contributed by atoms with Crippen LogP contribution in [0, 0.1) is 18.8 Å². The molecule has 2 heterocycles. The van der Waals surface area contributed by atoms with E-state index in [9.17, 15) is 9.59 Å². The number of hydrogen-bond donors (Lipinski definition) is 1. The molecule has 132 valence electrons. The van der Waals surface area contributed by atoms with Crippen LogP contribution >= 0.6 is 0 Å². The van der Waals surface area contributed by atoms with E-state index in [1.165, 1.54) is 6.42 Å². The van der Waals surface area contributed by atoms with E-state index in [1.807, 2.05) is 17.9 Å². The second kappa shape index (κ2) is 8.24. The number of amides is 2. The predicted octanol–water partition coefficient (Wildman–Crippen LogP) is 1.76. The third-order valence-corrected chi connectivity index (χ3v) is 4.22. The molecule has 1 N–H and O–H groups in total. The van der Waals surface area contributed by atoms with Crippen LogP contribution in [0.15, 0.2) is 18.3 Å². The quantitative estimate of drug-likeness (QED) is 0.892.